The van der Waals surface area contributed by atoms with Gasteiger partial charge in [-0.2, -0.15) is 0 Å². The third-order valence-electron chi connectivity index (χ3n) is 1.97. The van der Waals surface area contributed by atoms with Crippen molar-refractivity contribution in [2.24, 2.45) is 0 Å². The fourth-order valence-electron chi connectivity index (χ4n) is 1.25. The average molecular weight is 198 g/mol. The number of nitro benzene ring substituents is 1. The van der Waals surface area contributed by atoms with Gasteiger partial charge in [0.2, 0.25) is 0 Å². The van der Waals surface area contributed by atoms with Crippen LogP contribution in [0.4, 0.5) is 15.8 Å². The van der Waals surface area contributed by atoms with Gasteiger partial charge >= 0.3 is 0 Å². The van der Waals surface area contributed by atoms with Crippen LogP contribution in [-0.2, 0) is 0 Å². The van der Waals surface area contributed by atoms with Crippen LogP contribution >= 0.6 is 0 Å². The monoisotopic (exact) mass is 198 g/mol. The molecule has 0 saturated heterocycles. The molecule has 0 amide bonds. The van der Waals surface area contributed by atoms with E-state index in [0.29, 0.717) is 5.56 Å². The summed E-state index contributed by atoms with van der Waals surface area (Å²) in [5.74, 6) is -0.668. The molecule has 1 aromatic carbocycles. The summed E-state index contributed by atoms with van der Waals surface area (Å²) >= 11 is 0. The third-order valence-corrected chi connectivity index (χ3v) is 1.97. The molecule has 5 heteroatoms. The van der Waals surface area contributed by atoms with Crippen molar-refractivity contribution >= 4 is 11.4 Å². The predicted molar refractivity (Wildman–Crippen MR) is 51.6 cm³/mol. The highest BCUT2D eigenvalue weighted by atomic mass is 19.1. The number of nitrogens with two attached hydrogens (primary N) is 1. The van der Waals surface area contributed by atoms with Gasteiger partial charge in [0.1, 0.15) is 11.5 Å². The van der Waals surface area contributed by atoms with Gasteiger partial charge < -0.3 is 5.73 Å². The Balaban J connectivity index is 3.40. The number of halogens is 1. The molecule has 0 aliphatic rings. The number of nitro groups is 1. The van der Waals surface area contributed by atoms with Crippen LogP contribution in [0.3, 0.4) is 0 Å². The number of hydrogen-bond donors (Lipinski definition) is 1. The van der Waals surface area contributed by atoms with Gasteiger partial charge in [-0.25, -0.2) is 4.39 Å². The molecule has 2 N–H and O–H groups in total. The Hall–Kier alpha value is -1.65. The van der Waals surface area contributed by atoms with Crippen LogP contribution in [0.25, 0.3) is 0 Å². The number of hydrogen-bond acceptors (Lipinski definition) is 3. The maximum atomic E-state index is 13.0. The van der Waals surface area contributed by atoms with Gasteiger partial charge in [-0.3, -0.25) is 10.1 Å². The minimum Gasteiger partial charge on any atom is -0.393 e. The second-order valence-corrected chi connectivity index (χ2v) is 3.34. The fraction of sp³-hybridized carbons (Fsp3) is 0.333. The molecule has 0 aliphatic heterocycles. The zero-order valence-electron chi connectivity index (χ0n) is 7.95. The smallest absolute Gasteiger partial charge is 0.295 e. The quantitative estimate of drug-likeness (QED) is 0.450. The average Bonchev–Trinajstić information content (AvgIpc) is 2.07. The molecule has 0 radical (unpaired) electrons. The second-order valence-electron chi connectivity index (χ2n) is 3.34. The molecule has 0 aromatic heterocycles. The molecule has 4 nitrogen and oxygen atoms in total. The van der Waals surface area contributed by atoms with Gasteiger partial charge in [-0.05, 0) is 17.5 Å². The number of benzene rings is 1. The lowest BCUT2D eigenvalue weighted by atomic mass is 10.0. The first-order valence-corrected chi connectivity index (χ1v) is 4.16. The lowest BCUT2D eigenvalue weighted by molar-refractivity contribution is -0.384. The van der Waals surface area contributed by atoms with Crippen molar-refractivity contribution in [2.45, 2.75) is 19.8 Å². The van der Waals surface area contributed by atoms with Crippen molar-refractivity contribution in [1.29, 1.82) is 0 Å². The Morgan fingerprint density at radius 2 is 2.07 bits per heavy atom. The highest BCUT2D eigenvalue weighted by molar-refractivity contribution is 5.64. The first-order valence-electron chi connectivity index (χ1n) is 4.16. The highest BCUT2D eigenvalue weighted by Crippen LogP contribution is 2.31. The Morgan fingerprint density at radius 3 is 2.50 bits per heavy atom. The summed E-state index contributed by atoms with van der Waals surface area (Å²) < 4.78 is 13.0. The molecule has 0 bridgehead atoms. The van der Waals surface area contributed by atoms with E-state index in [2.05, 4.69) is 0 Å². The normalized spacial score (nSPS) is 10.6. The van der Waals surface area contributed by atoms with Crippen molar-refractivity contribution in [1.82, 2.24) is 0 Å². The highest BCUT2D eigenvalue weighted by Gasteiger charge is 2.18. The van der Waals surface area contributed by atoms with E-state index >= 15 is 0 Å². The van der Waals surface area contributed by atoms with Crippen LogP contribution in [0.2, 0.25) is 0 Å². The van der Waals surface area contributed by atoms with E-state index in [1.807, 2.05) is 0 Å². The minimum atomic E-state index is -0.676. The Labute approximate surface area is 80.7 Å². The van der Waals surface area contributed by atoms with Gasteiger partial charge in [0.15, 0.2) is 0 Å². The van der Waals surface area contributed by atoms with E-state index in [0.717, 1.165) is 6.07 Å². The number of nitrogen functional groups attached to an aromatic ring is 1. The van der Waals surface area contributed by atoms with Gasteiger partial charge in [0.05, 0.1) is 11.0 Å². The SMILES string of the molecule is CC(C)c1cc(F)cc([N+](=O)[O-])c1N. The molecule has 14 heavy (non-hydrogen) atoms. The van der Waals surface area contributed by atoms with Crippen molar-refractivity contribution in [3.8, 4) is 0 Å². The van der Waals surface area contributed by atoms with E-state index in [1.165, 1.54) is 6.07 Å². The van der Waals surface area contributed by atoms with Crippen LogP contribution in [-0.4, -0.2) is 4.92 Å². The van der Waals surface area contributed by atoms with E-state index < -0.39 is 10.7 Å². The predicted octanol–water partition coefficient (Wildman–Crippen LogP) is 2.44. The van der Waals surface area contributed by atoms with Crippen molar-refractivity contribution < 1.29 is 9.31 Å². The molecule has 0 heterocycles. The molecule has 0 spiro atoms. The number of rotatable bonds is 2. The summed E-state index contributed by atoms with van der Waals surface area (Å²) in [5.41, 5.74) is 5.70. The summed E-state index contributed by atoms with van der Waals surface area (Å²) in [7, 11) is 0. The zero-order chi connectivity index (χ0) is 10.9. The molecule has 0 saturated carbocycles. The molecular weight excluding hydrogens is 187 g/mol. The zero-order valence-corrected chi connectivity index (χ0v) is 7.95. The van der Waals surface area contributed by atoms with Gasteiger partial charge in [0.25, 0.3) is 5.69 Å². The minimum absolute atomic E-state index is 0.0376. The Morgan fingerprint density at radius 1 is 1.50 bits per heavy atom. The van der Waals surface area contributed by atoms with Crippen LogP contribution in [0.1, 0.15) is 25.3 Å². The van der Waals surface area contributed by atoms with E-state index in [1.54, 1.807) is 13.8 Å². The van der Waals surface area contributed by atoms with E-state index in [4.69, 9.17) is 5.73 Å². The first-order chi connectivity index (χ1) is 6.43. The molecule has 0 aliphatic carbocycles. The number of nitrogens with zero attached hydrogens (tertiary/aromatic N) is 1. The standard InChI is InChI=1S/C9H11FN2O2/c1-5(2)7-3-6(10)4-8(9(7)11)12(13)14/h3-5H,11H2,1-2H3. The van der Waals surface area contributed by atoms with Gasteiger partial charge in [0, 0.05) is 0 Å². The Bertz CT molecular complexity index is 377. The molecular formula is C9H11FN2O2. The number of anilines is 1. The van der Waals surface area contributed by atoms with Crippen molar-refractivity contribution in [3.63, 3.8) is 0 Å². The van der Waals surface area contributed by atoms with Crippen LogP contribution in [0.5, 0.6) is 0 Å². The maximum absolute atomic E-state index is 13.0. The van der Waals surface area contributed by atoms with Crippen LogP contribution in [0.15, 0.2) is 12.1 Å². The second kappa shape index (κ2) is 3.61. The van der Waals surface area contributed by atoms with Crippen molar-refractivity contribution in [3.05, 3.63) is 33.6 Å². The summed E-state index contributed by atoms with van der Waals surface area (Å²) in [6.45, 7) is 3.60. The maximum Gasteiger partial charge on any atom is 0.295 e. The summed E-state index contributed by atoms with van der Waals surface area (Å²) in [4.78, 5) is 9.83. The summed E-state index contributed by atoms with van der Waals surface area (Å²) in [6, 6.07) is 2.06. The summed E-state index contributed by atoms with van der Waals surface area (Å²) in [6.07, 6.45) is 0. The van der Waals surface area contributed by atoms with Gasteiger partial charge in [-0.15, -0.1) is 0 Å². The fourth-order valence-corrected chi connectivity index (χ4v) is 1.25. The summed E-state index contributed by atoms with van der Waals surface area (Å²) in [5, 5.41) is 10.5. The topological polar surface area (TPSA) is 69.2 Å². The molecule has 0 atom stereocenters. The lowest BCUT2D eigenvalue weighted by Gasteiger charge is -2.09. The Kier molecular flexibility index (Phi) is 2.69. The largest absolute Gasteiger partial charge is 0.393 e. The van der Waals surface area contributed by atoms with Crippen molar-refractivity contribution in [2.75, 3.05) is 5.73 Å². The van der Waals surface area contributed by atoms with Gasteiger partial charge in [-0.1, -0.05) is 13.8 Å². The molecule has 0 unspecified atom stereocenters. The van der Waals surface area contributed by atoms with Crippen LogP contribution < -0.4 is 5.73 Å². The molecule has 0 fully saturated rings. The lowest BCUT2D eigenvalue weighted by Crippen LogP contribution is -2.02. The molecule has 76 valence electrons. The van der Waals surface area contributed by atoms with Crippen LogP contribution in [0, 0.1) is 15.9 Å². The van der Waals surface area contributed by atoms with E-state index in [-0.39, 0.29) is 17.3 Å². The first kappa shape index (κ1) is 10.4. The third kappa shape index (κ3) is 1.81. The molecule has 1 rings (SSSR count). The molecule has 1 aromatic rings. The van der Waals surface area contributed by atoms with E-state index in [9.17, 15) is 14.5 Å².